The maximum Gasteiger partial charge on any atom is 0.311 e. The molecule has 0 spiro atoms. The first-order valence-electron chi connectivity index (χ1n) is 7.67. The Morgan fingerprint density at radius 3 is 2.38 bits per heavy atom. The molecule has 0 amide bonds. The van der Waals surface area contributed by atoms with Gasteiger partial charge in [0.15, 0.2) is 9.84 Å². The van der Waals surface area contributed by atoms with Crippen LogP contribution in [0.1, 0.15) is 11.1 Å². The summed E-state index contributed by atoms with van der Waals surface area (Å²) in [5.41, 5.74) is 1.31. The first-order valence-corrected chi connectivity index (χ1v) is 9.56. The van der Waals surface area contributed by atoms with Crippen LogP contribution in [-0.2, 0) is 22.8 Å². The summed E-state index contributed by atoms with van der Waals surface area (Å²) < 4.78 is 23.8. The number of rotatable bonds is 4. The molecular weight excluding hydrogens is 362 g/mol. The van der Waals surface area contributed by atoms with Gasteiger partial charge in [-0.3, -0.25) is 20.2 Å². The third kappa shape index (κ3) is 3.23. The Bertz CT molecular complexity index is 1020. The summed E-state index contributed by atoms with van der Waals surface area (Å²) in [6, 6.07) is 8.73. The van der Waals surface area contributed by atoms with E-state index in [9.17, 15) is 28.6 Å². The van der Waals surface area contributed by atoms with Crippen molar-refractivity contribution >= 4 is 26.9 Å². The molecule has 0 fully saturated rings. The van der Waals surface area contributed by atoms with Gasteiger partial charge in [0.1, 0.15) is 10.6 Å². The van der Waals surface area contributed by atoms with E-state index in [1.807, 2.05) is 0 Å². The fraction of sp³-hybridized carbons (Fsp3) is 0.250. The Morgan fingerprint density at radius 1 is 1.04 bits per heavy atom. The van der Waals surface area contributed by atoms with Crippen LogP contribution in [0.3, 0.4) is 0 Å². The second-order valence-electron chi connectivity index (χ2n) is 6.03. The summed E-state index contributed by atoms with van der Waals surface area (Å²) in [6.07, 6.45) is 1.47. The van der Waals surface area contributed by atoms with Crippen LogP contribution in [0, 0.1) is 20.2 Å². The van der Waals surface area contributed by atoms with E-state index in [1.54, 1.807) is 11.0 Å². The molecule has 1 aliphatic rings. The predicted octanol–water partition coefficient (Wildman–Crippen LogP) is 2.47. The molecule has 26 heavy (non-hydrogen) atoms. The minimum atomic E-state index is -3.78. The first-order chi connectivity index (χ1) is 12.2. The largest absolute Gasteiger partial charge is 0.361 e. The van der Waals surface area contributed by atoms with E-state index in [1.165, 1.54) is 30.3 Å². The number of fused-ring (bicyclic) bond motifs is 1. The van der Waals surface area contributed by atoms with Gasteiger partial charge in [0.25, 0.3) is 5.69 Å². The number of nitro groups is 2. The highest BCUT2D eigenvalue weighted by molar-refractivity contribution is 7.90. The topological polar surface area (TPSA) is 124 Å². The number of benzene rings is 2. The Morgan fingerprint density at radius 2 is 1.77 bits per heavy atom. The fourth-order valence-electron chi connectivity index (χ4n) is 3.11. The van der Waals surface area contributed by atoms with Gasteiger partial charge in [-0.1, -0.05) is 12.1 Å². The molecular formula is C16H15N3O6S. The predicted molar refractivity (Wildman–Crippen MR) is 94.1 cm³/mol. The number of nitrogens with zero attached hydrogens (tertiary/aromatic N) is 3. The summed E-state index contributed by atoms with van der Waals surface area (Å²) in [7, 11) is -3.78. The molecule has 0 saturated carbocycles. The van der Waals surface area contributed by atoms with Crippen molar-refractivity contribution in [3.63, 3.8) is 0 Å². The van der Waals surface area contributed by atoms with Crippen LogP contribution in [0.2, 0.25) is 0 Å². The number of anilines is 1. The van der Waals surface area contributed by atoms with E-state index in [0.29, 0.717) is 18.5 Å². The van der Waals surface area contributed by atoms with E-state index < -0.39 is 25.4 Å². The molecule has 0 radical (unpaired) electrons. The van der Waals surface area contributed by atoms with Crippen LogP contribution in [0.5, 0.6) is 0 Å². The average molecular weight is 377 g/mol. The molecule has 2 aromatic rings. The minimum absolute atomic E-state index is 0.0509. The minimum Gasteiger partial charge on any atom is -0.361 e. The molecule has 0 N–H and O–H groups in total. The highest BCUT2D eigenvalue weighted by atomic mass is 32.2. The lowest BCUT2D eigenvalue weighted by molar-refractivity contribution is -0.387. The van der Waals surface area contributed by atoms with E-state index in [2.05, 4.69) is 0 Å². The number of sulfone groups is 1. The van der Waals surface area contributed by atoms with E-state index in [0.717, 1.165) is 11.8 Å². The van der Waals surface area contributed by atoms with Crippen LogP contribution in [0.4, 0.5) is 17.1 Å². The van der Waals surface area contributed by atoms with Crippen molar-refractivity contribution in [2.75, 3.05) is 17.7 Å². The Balaban J connectivity index is 2.07. The van der Waals surface area contributed by atoms with Crippen LogP contribution in [0.15, 0.2) is 41.3 Å². The summed E-state index contributed by atoms with van der Waals surface area (Å²) in [5, 5.41) is 22.5. The van der Waals surface area contributed by atoms with Gasteiger partial charge in [-0.15, -0.1) is 0 Å². The van der Waals surface area contributed by atoms with Crippen LogP contribution in [-0.4, -0.2) is 31.1 Å². The molecule has 3 rings (SSSR count). The highest BCUT2D eigenvalue weighted by Crippen LogP contribution is 2.37. The summed E-state index contributed by atoms with van der Waals surface area (Å²) >= 11 is 0. The molecule has 9 nitrogen and oxygen atoms in total. The van der Waals surface area contributed by atoms with E-state index >= 15 is 0 Å². The summed E-state index contributed by atoms with van der Waals surface area (Å²) in [5.74, 6) is 0. The quantitative estimate of drug-likeness (QED) is 0.592. The SMILES string of the molecule is CS(=O)(=O)c1cccc(N2CCc3ccc([N+](=O)[O-])cc3C2)c1[N+](=O)[O-]. The third-order valence-corrected chi connectivity index (χ3v) is 5.44. The average Bonchev–Trinajstić information content (AvgIpc) is 2.59. The van der Waals surface area contributed by atoms with Gasteiger partial charge in [0.05, 0.1) is 9.85 Å². The zero-order valence-electron chi connectivity index (χ0n) is 13.8. The molecule has 10 heteroatoms. The molecule has 136 valence electrons. The molecule has 2 aromatic carbocycles. The molecule has 1 heterocycles. The van der Waals surface area contributed by atoms with Crippen molar-refractivity contribution in [3.05, 3.63) is 67.8 Å². The van der Waals surface area contributed by atoms with Crippen molar-refractivity contribution in [2.45, 2.75) is 17.9 Å². The first kappa shape index (κ1) is 17.8. The van der Waals surface area contributed by atoms with E-state index in [4.69, 9.17) is 0 Å². The highest BCUT2D eigenvalue weighted by Gasteiger charge is 2.30. The number of nitro benzene ring substituents is 2. The summed E-state index contributed by atoms with van der Waals surface area (Å²) in [6.45, 7) is 0.671. The molecule has 0 saturated heterocycles. The van der Waals surface area contributed by atoms with Gasteiger partial charge in [0, 0.05) is 31.5 Å². The maximum absolute atomic E-state index is 11.9. The van der Waals surface area contributed by atoms with Crippen LogP contribution < -0.4 is 4.90 Å². The molecule has 1 aliphatic heterocycles. The summed E-state index contributed by atoms with van der Waals surface area (Å²) in [4.78, 5) is 22.7. The molecule has 0 atom stereocenters. The van der Waals surface area contributed by atoms with E-state index in [-0.39, 0.29) is 22.8 Å². The number of non-ortho nitro benzene ring substituents is 1. The van der Waals surface area contributed by atoms with Crippen molar-refractivity contribution in [1.29, 1.82) is 0 Å². The lowest BCUT2D eigenvalue weighted by Gasteiger charge is -2.30. The van der Waals surface area contributed by atoms with Crippen molar-refractivity contribution in [3.8, 4) is 0 Å². The van der Waals surface area contributed by atoms with Gasteiger partial charge in [0.2, 0.25) is 0 Å². The Hall–Kier alpha value is -3.01. The zero-order valence-corrected chi connectivity index (χ0v) is 14.6. The number of para-hydroxylation sites is 1. The van der Waals surface area contributed by atoms with Gasteiger partial charge >= 0.3 is 5.69 Å². The lowest BCUT2D eigenvalue weighted by atomic mass is 9.98. The van der Waals surface area contributed by atoms with Gasteiger partial charge in [-0.25, -0.2) is 8.42 Å². The molecule has 0 aliphatic carbocycles. The van der Waals surface area contributed by atoms with Crippen LogP contribution in [0.25, 0.3) is 0 Å². The number of hydrogen-bond donors (Lipinski definition) is 0. The third-order valence-electron chi connectivity index (χ3n) is 4.31. The zero-order chi connectivity index (χ0) is 19.1. The Kier molecular flexibility index (Phi) is 4.36. The maximum atomic E-state index is 11.9. The lowest BCUT2D eigenvalue weighted by Crippen LogP contribution is -2.31. The van der Waals surface area contributed by atoms with Crippen molar-refractivity contribution in [2.24, 2.45) is 0 Å². The molecule has 0 unspecified atom stereocenters. The van der Waals surface area contributed by atoms with Crippen molar-refractivity contribution in [1.82, 2.24) is 0 Å². The van der Waals surface area contributed by atoms with Crippen LogP contribution >= 0.6 is 0 Å². The fourth-order valence-corrected chi connectivity index (χ4v) is 3.97. The second-order valence-corrected chi connectivity index (χ2v) is 8.02. The standard InChI is InChI=1S/C16H15N3O6S/c1-26(24,25)15-4-2-3-14(16(15)19(22)23)17-8-7-11-5-6-13(18(20)21)9-12(11)10-17/h2-6,9H,7-8,10H2,1H3. The number of hydrogen-bond acceptors (Lipinski definition) is 7. The second kappa shape index (κ2) is 6.37. The molecule has 0 bridgehead atoms. The smallest absolute Gasteiger partial charge is 0.311 e. The van der Waals surface area contributed by atoms with Gasteiger partial charge in [-0.05, 0) is 29.7 Å². The Labute approximate surface area is 149 Å². The van der Waals surface area contributed by atoms with Gasteiger partial charge in [-0.2, -0.15) is 0 Å². The normalized spacial score (nSPS) is 14.0. The van der Waals surface area contributed by atoms with Crippen molar-refractivity contribution < 1.29 is 18.3 Å². The molecule has 0 aromatic heterocycles. The van der Waals surface area contributed by atoms with Gasteiger partial charge < -0.3 is 4.90 Å². The monoisotopic (exact) mass is 377 g/mol.